The van der Waals surface area contributed by atoms with Gasteiger partial charge in [0, 0.05) is 0 Å². The van der Waals surface area contributed by atoms with Crippen molar-refractivity contribution >= 4 is 21.4 Å². The summed E-state index contributed by atoms with van der Waals surface area (Å²) in [6.45, 7) is 1.78. The number of benzene rings is 1. The zero-order chi connectivity index (χ0) is 12.0. The number of rotatable bonds is 6. The summed E-state index contributed by atoms with van der Waals surface area (Å²) in [6.07, 6.45) is 1.89. The summed E-state index contributed by atoms with van der Waals surface area (Å²) in [5.41, 5.74) is 1.17. The van der Waals surface area contributed by atoms with Crippen LogP contribution in [-0.4, -0.2) is 18.9 Å². The van der Waals surface area contributed by atoms with Gasteiger partial charge in [0.15, 0.2) is 9.84 Å². The SMILES string of the molecule is CC[C@@H](Cl)S(=O)(=O)CCCc1ccccc1. The molecule has 1 atom stereocenters. The van der Waals surface area contributed by atoms with E-state index < -0.39 is 14.5 Å². The molecule has 1 rings (SSSR count). The maximum atomic E-state index is 11.6. The second kappa shape index (κ2) is 6.26. The largest absolute Gasteiger partial charge is 0.227 e. The molecule has 0 saturated carbocycles. The normalized spacial score (nSPS) is 13.6. The minimum absolute atomic E-state index is 0.171. The molecular weight excluding hydrogens is 244 g/mol. The molecule has 0 aromatic heterocycles. The molecule has 2 nitrogen and oxygen atoms in total. The summed E-state index contributed by atoms with van der Waals surface area (Å²) < 4.78 is 22.5. The van der Waals surface area contributed by atoms with E-state index in [1.807, 2.05) is 30.3 Å². The van der Waals surface area contributed by atoms with E-state index in [0.29, 0.717) is 12.8 Å². The van der Waals surface area contributed by atoms with E-state index in [1.54, 1.807) is 6.92 Å². The van der Waals surface area contributed by atoms with Gasteiger partial charge in [-0.2, -0.15) is 0 Å². The lowest BCUT2D eigenvalue weighted by Gasteiger charge is -2.08. The molecule has 0 saturated heterocycles. The van der Waals surface area contributed by atoms with Crippen LogP contribution in [0.5, 0.6) is 0 Å². The fraction of sp³-hybridized carbons (Fsp3) is 0.500. The van der Waals surface area contributed by atoms with Crippen molar-refractivity contribution in [1.29, 1.82) is 0 Å². The van der Waals surface area contributed by atoms with Crippen LogP contribution < -0.4 is 0 Å². The topological polar surface area (TPSA) is 34.1 Å². The van der Waals surface area contributed by atoms with E-state index in [-0.39, 0.29) is 5.75 Å². The van der Waals surface area contributed by atoms with E-state index in [1.165, 1.54) is 5.56 Å². The summed E-state index contributed by atoms with van der Waals surface area (Å²) in [5, 5.41) is 0. The van der Waals surface area contributed by atoms with Crippen molar-refractivity contribution in [3.8, 4) is 0 Å². The van der Waals surface area contributed by atoms with Crippen LogP contribution in [0.2, 0.25) is 0 Å². The fourth-order valence-corrected chi connectivity index (χ4v) is 3.08. The van der Waals surface area contributed by atoms with Gasteiger partial charge in [0.05, 0.1) is 5.75 Å². The Bertz CT molecular complexity index is 400. The van der Waals surface area contributed by atoms with Gasteiger partial charge in [-0.25, -0.2) is 8.42 Å². The summed E-state index contributed by atoms with van der Waals surface area (Å²) >= 11 is 5.75. The van der Waals surface area contributed by atoms with Gasteiger partial charge >= 0.3 is 0 Å². The van der Waals surface area contributed by atoms with Gasteiger partial charge in [0.2, 0.25) is 0 Å². The third-order valence-electron chi connectivity index (χ3n) is 2.45. The molecule has 0 heterocycles. The molecule has 0 N–H and O–H groups in total. The summed E-state index contributed by atoms with van der Waals surface area (Å²) in [4.78, 5) is 0. The van der Waals surface area contributed by atoms with Gasteiger partial charge in [-0.3, -0.25) is 0 Å². The molecule has 0 bridgehead atoms. The highest BCUT2D eigenvalue weighted by Gasteiger charge is 2.20. The van der Waals surface area contributed by atoms with Gasteiger partial charge in [-0.15, -0.1) is 11.6 Å². The molecular formula is C12H17ClO2S. The first-order chi connectivity index (χ1) is 7.56. The zero-order valence-electron chi connectivity index (χ0n) is 9.40. The summed E-state index contributed by atoms with van der Waals surface area (Å²) in [6, 6.07) is 9.88. The lowest BCUT2D eigenvalue weighted by molar-refractivity contribution is 0.588. The minimum atomic E-state index is -3.12. The quantitative estimate of drug-likeness (QED) is 0.737. The maximum absolute atomic E-state index is 11.6. The van der Waals surface area contributed by atoms with E-state index in [0.717, 1.165) is 6.42 Å². The van der Waals surface area contributed by atoms with Crippen LogP contribution >= 0.6 is 11.6 Å². The molecule has 0 radical (unpaired) electrons. The number of aryl methyl sites for hydroxylation is 1. The van der Waals surface area contributed by atoms with Crippen molar-refractivity contribution in [2.75, 3.05) is 5.75 Å². The molecule has 4 heteroatoms. The molecule has 0 amide bonds. The molecule has 0 aliphatic rings. The summed E-state index contributed by atoms with van der Waals surface area (Å²) in [7, 11) is -3.12. The van der Waals surface area contributed by atoms with E-state index >= 15 is 0 Å². The highest BCUT2D eigenvalue weighted by atomic mass is 35.5. The van der Waals surface area contributed by atoms with Crippen LogP contribution in [-0.2, 0) is 16.3 Å². The Balaban J connectivity index is 2.42. The molecule has 1 aromatic carbocycles. The Labute approximate surface area is 103 Å². The van der Waals surface area contributed by atoms with E-state index in [4.69, 9.17) is 11.6 Å². The van der Waals surface area contributed by atoms with E-state index in [2.05, 4.69) is 0 Å². The van der Waals surface area contributed by atoms with Gasteiger partial charge in [0.25, 0.3) is 0 Å². The van der Waals surface area contributed by atoms with Crippen molar-refractivity contribution in [1.82, 2.24) is 0 Å². The number of hydrogen-bond donors (Lipinski definition) is 0. The van der Waals surface area contributed by atoms with Gasteiger partial charge in [-0.05, 0) is 24.8 Å². The molecule has 0 aliphatic carbocycles. The number of halogens is 1. The van der Waals surface area contributed by atoms with Crippen LogP contribution in [0.1, 0.15) is 25.3 Å². The summed E-state index contributed by atoms with van der Waals surface area (Å²) in [5.74, 6) is 0.171. The number of sulfone groups is 1. The van der Waals surface area contributed by atoms with Crippen LogP contribution in [0.3, 0.4) is 0 Å². The zero-order valence-corrected chi connectivity index (χ0v) is 11.0. The second-order valence-electron chi connectivity index (χ2n) is 3.77. The lowest BCUT2D eigenvalue weighted by atomic mass is 10.1. The van der Waals surface area contributed by atoms with Crippen LogP contribution in [0, 0.1) is 0 Å². The van der Waals surface area contributed by atoms with Gasteiger partial charge in [-0.1, -0.05) is 37.3 Å². The van der Waals surface area contributed by atoms with Crippen LogP contribution in [0.25, 0.3) is 0 Å². The van der Waals surface area contributed by atoms with Crippen LogP contribution in [0.4, 0.5) is 0 Å². The number of hydrogen-bond acceptors (Lipinski definition) is 2. The molecule has 0 fully saturated rings. The fourth-order valence-electron chi connectivity index (χ4n) is 1.50. The minimum Gasteiger partial charge on any atom is -0.227 e. The third-order valence-corrected chi connectivity index (χ3v) is 5.54. The van der Waals surface area contributed by atoms with Crippen molar-refractivity contribution in [2.45, 2.75) is 30.9 Å². The molecule has 0 aliphatic heterocycles. The van der Waals surface area contributed by atoms with Gasteiger partial charge in [0.1, 0.15) is 4.71 Å². The molecule has 0 spiro atoms. The first-order valence-electron chi connectivity index (χ1n) is 5.46. The monoisotopic (exact) mass is 260 g/mol. The van der Waals surface area contributed by atoms with Crippen molar-refractivity contribution in [2.24, 2.45) is 0 Å². The first-order valence-corrected chi connectivity index (χ1v) is 7.61. The van der Waals surface area contributed by atoms with Crippen molar-refractivity contribution < 1.29 is 8.42 Å². The Hall–Kier alpha value is -0.540. The lowest BCUT2D eigenvalue weighted by Crippen LogP contribution is -2.18. The molecule has 16 heavy (non-hydrogen) atoms. The molecule has 1 aromatic rings. The van der Waals surface area contributed by atoms with Crippen molar-refractivity contribution in [3.63, 3.8) is 0 Å². The van der Waals surface area contributed by atoms with Crippen molar-refractivity contribution in [3.05, 3.63) is 35.9 Å². The smallest absolute Gasteiger partial charge is 0.167 e. The Morgan fingerprint density at radius 3 is 2.44 bits per heavy atom. The molecule has 90 valence electrons. The highest BCUT2D eigenvalue weighted by Crippen LogP contribution is 2.13. The highest BCUT2D eigenvalue weighted by molar-refractivity contribution is 7.93. The maximum Gasteiger partial charge on any atom is 0.167 e. The Morgan fingerprint density at radius 1 is 1.25 bits per heavy atom. The predicted octanol–water partition coefficient (Wildman–Crippen LogP) is 3.01. The average molecular weight is 261 g/mol. The Morgan fingerprint density at radius 2 is 1.88 bits per heavy atom. The Kier molecular flexibility index (Phi) is 5.29. The van der Waals surface area contributed by atoms with E-state index in [9.17, 15) is 8.42 Å². The average Bonchev–Trinajstić information content (AvgIpc) is 2.29. The predicted molar refractivity (Wildman–Crippen MR) is 68.5 cm³/mol. The molecule has 0 unspecified atom stereocenters. The third kappa shape index (κ3) is 4.14. The second-order valence-corrected chi connectivity index (χ2v) is 6.86. The standard InChI is InChI=1S/C12H17ClO2S/c1-2-12(13)16(14,15)10-6-9-11-7-4-3-5-8-11/h3-5,7-8,12H,2,6,9-10H2,1H3/t12-/m0/s1. The number of alkyl halides is 1. The van der Waals surface area contributed by atoms with Gasteiger partial charge < -0.3 is 0 Å². The van der Waals surface area contributed by atoms with Crippen LogP contribution in [0.15, 0.2) is 30.3 Å². The first kappa shape index (κ1) is 13.5.